The third-order valence-corrected chi connectivity index (χ3v) is 4.50. The predicted octanol–water partition coefficient (Wildman–Crippen LogP) is 2.36. The van der Waals surface area contributed by atoms with Gasteiger partial charge in [0.15, 0.2) is 0 Å². The van der Waals surface area contributed by atoms with E-state index in [1.165, 1.54) is 0 Å². The van der Waals surface area contributed by atoms with Gasteiger partial charge in [-0.3, -0.25) is 9.59 Å². The molecule has 0 spiro atoms. The van der Waals surface area contributed by atoms with Crippen LogP contribution in [0.15, 0.2) is 18.2 Å². The molecule has 6 heteroatoms. The number of nitrogens with zero attached hydrogens (tertiary/aromatic N) is 1. The summed E-state index contributed by atoms with van der Waals surface area (Å²) < 4.78 is 10.6. The van der Waals surface area contributed by atoms with Crippen LogP contribution >= 0.6 is 0 Å². The van der Waals surface area contributed by atoms with Crippen molar-refractivity contribution in [2.24, 2.45) is 5.92 Å². The van der Waals surface area contributed by atoms with E-state index in [9.17, 15) is 9.59 Å². The molecule has 0 saturated carbocycles. The highest BCUT2D eigenvalue weighted by atomic mass is 16.5. The average Bonchev–Trinajstić information content (AvgIpc) is 3.00. The molecule has 0 aromatic heterocycles. The molecule has 0 bridgehead atoms. The second-order valence-electron chi connectivity index (χ2n) is 5.97. The Kier molecular flexibility index (Phi) is 6.06. The largest absolute Gasteiger partial charge is 0.497 e. The number of hydrogen-bond acceptors (Lipinski definition) is 4. The smallest absolute Gasteiger partial charge is 0.227 e. The minimum atomic E-state index is -0.339. The maximum atomic E-state index is 12.4. The molecule has 2 rings (SSSR count). The van der Waals surface area contributed by atoms with E-state index in [4.69, 9.17) is 9.47 Å². The van der Waals surface area contributed by atoms with Crippen molar-refractivity contribution in [2.75, 3.05) is 25.7 Å². The average molecular weight is 334 g/mol. The molecule has 132 valence electrons. The molecule has 0 radical (unpaired) electrons. The SMILES string of the molecule is CCC(CC)NC(=O)C1CC(=O)N(c2cc(OC)ccc2OC)C1. The lowest BCUT2D eigenvalue weighted by Crippen LogP contribution is -2.39. The lowest BCUT2D eigenvalue weighted by molar-refractivity contribution is -0.127. The molecule has 1 N–H and O–H groups in total. The third kappa shape index (κ3) is 3.80. The molecule has 1 unspecified atom stereocenters. The van der Waals surface area contributed by atoms with E-state index in [0.29, 0.717) is 23.7 Å². The number of rotatable bonds is 7. The molecule has 1 aliphatic rings. The van der Waals surface area contributed by atoms with Crippen LogP contribution in [0.2, 0.25) is 0 Å². The van der Waals surface area contributed by atoms with Gasteiger partial charge in [0.1, 0.15) is 11.5 Å². The first kappa shape index (κ1) is 18.1. The number of amides is 2. The monoisotopic (exact) mass is 334 g/mol. The Morgan fingerprint density at radius 1 is 1.29 bits per heavy atom. The number of anilines is 1. The van der Waals surface area contributed by atoms with Gasteiger partial charge in [0.05, 0.1) is 25.8 Å². The number of benzene rings is 1. The zero-order valence-electron chi connectivity index (χ0n) is 14.8. The normalized spacial score (nSPS) is 17.3. The number of nitrogens with one attached hydrogen (secondary N) is 1. The summed E-state index contributed by atoms with van der Waals surface area (Å²) >= 11 is 0. The third-order valence-electron chi connectivity index (χ3n) is 4.50. The summed E-state index contributed by atoms with van der Waals surface area (Å²) in [5, 5.41) is 3.03. The van der Waals surface area contributed by atoms with Gasteiger partial charge in [-0.1, -0.05) is 13.8 Å². The highest BCUT2D eigenvalue weighted by Gasteiger charge is 2.36. The summed E-state index contributed by atoms with van der Waals surface area (Å²) in [7, 11) is 3.13. The summed E-state index contributed by atoms with van der Waals surface area (Å²) in [5.74, 6) is 0.760. The Labute approximate surface area is 143 Å². The highest BCUT2D eigenvalue weighted by Crippen LogP contribution is 2.36. The van der Waals surface area contributed by atoms with Crippen molar-refractivity contribution in [3.05, 3.63) is 18.2 Å². The fourth-order valence-corrected chi connectivity index (χ4v) is 2.94. The van der Waals surface area contributed by atoms with Gasteiger partial charge >= 0.3 is 0 Å². The molecule has 24 heavy (non-hydrogen) atoms. The fourth-order valence-electron chi connectivity index (χ4n) is 2.94. The van der Waals surface area contributed by atoms with E-state index in [-0.39, 0.29) is 30.2 Å². The molecule has 1 atom stereocenters. The molecule has 2 amide bonds. The minimum Gasteiger partial charge on any atom is -0.497 e. The zero-order chi connectivity index (χ0) is 17.7. The molecule has 0 aliphatic carbocycles. The summed E-state index contributed by atoms with van der Waals surface area (Å²) in [6.07, 6.45) is 1.99. The van der Waals surface area contributed by atoms with Gasteiger partial charge in [0.2, 0.25) is 11.8 Å². The zero-order valence-corrected chi connectivity index (χ0v) is 14.8. The Balaban J connectivity index is 2.16. The Bertz CT molecular complexity index is 599. The van der Waals surface area contributed by atoms with Crippen LogP contribution < -0.4 is 19.7 Å². The molecular weight excluding hydrogens is 308 g/mol. The first-order valence-electron chi connectivity index (χ1n) is 8.36. The summed E-state index contributed by atoms with van der Waals surface area (Å²) in [6.45, 7) is 4.44. The van der Waals surface area contributed by atoms with Gasteiger partial charge in [-0.25, -0.2) is 0 Å². The van der Waals surface area contributed by atoms with Crippen molar-refractivity contribution in [3.63, 3.8) is 0 Å². The molecule has 1 heterocycles. The fraction of sp³-hybridized carbons (Fsp3) is 0.556. The lowest BCUT2D eigenvalue weighted by atomic mass is 10.1. The van der Waals surface area contributed by atoms with Crippen LogP contribution in [0.5, 0.6) is 11.5 Å². The maximum absolute atomic E-state index is 12.4. The van der Waals surface area contributed by atoms with Crippen LogP contribution in [0.3, 0.4) is 0 Å². The van der Waals surface area contributed by atoms with Crippen molar-refractivity contribution in [1.82, 2.24) is 5.32 Å². The van der Waals surface area contributed by atoms with E-state index < -0.39 is 0 Å². The van der Waals surface area contributed by atoms with Crippen molar-refractivity contribution in [2.45, 2.75) is 39.2 Å². The van der Waals surface area contributed by atoms with Gasteiger partial charge in [-0.05, 0) is 25.0 Å². The second kappa shape index (κ2) is 8.04. The van der Waals surface area contributed by atoms with E-state index in [1.54, 1.807) is 37.3 Å². The van der Waals surface area contributed by atoms with E-state index in [2.05, 4.69) is 5.32 Å². The van der Waals surface area contributed by atoms with Gasteiger partial charge in [0.25, 0.3) is 0 Å². The molecule has 1 saturated heterocycles. The van der Waals surface area contributed by atoms with Crippen LogP contribution in [0.25, 0.3) is 0 Å². The van der Waals surface area contributed by atoms with E-state index >= 15 is 0 Å². The second-order valence-corrected chi connectivity index (χ2v) is 5.97. The molecular formula is C18H26N2O4. The lowest BCUT2D eigenvalue weighted by Gasteiger charge is -2.21. The number of hydrogen-bond donors (Lipinski definition) is 1. The van der Waals surface area contributed by atoms with Crippen molar-refractivity contribution in [3.8, 4) is 11.5 Å². The number of carbonyl (C=O) groups excluding carboxylic acids is 2. The molecule has 1 fully saturated rings. The van der Waals surface area contributed by atoms with Crippen molar-refractivity contribution >= 4 is 17.5 Å². The van der Waals surface area contributed by atoms with Crippen LogP contribution in [-0.2, 0) is 9.59 Å². The van der Waals surface area contributed by atoms with E-state index in [1.807, 2.05) is 13.8 Å². The number of methoxy groups -OCH3 is 2. The number of ether oxygens (including phenoxy) is 2. The molecule has 1 aliphatic heterocycles. The Hall–Kier alpha value is -2.24. The highest BCUT2D eigenvalue weighted by molar-refractivity contribution is 6.01. The Morgan fingerprint density at radius 3 is 2.58 bits per heavy atom. The molecule has 6 nitrogen and oxygen atoms in total. The van der Waals surface area contributed by atoms with Crippen LogP contribution in [0.1, 0.15) is 33.1 Å². The first-order chi connectivity index (χ1) is 11.5. The standard InChI is InChI=1S/C18H26N2O4/c1-5-13(6-2)19-18(22)12-9-17(21)20(11-12)15-10-14(23-3)7-8-16(15)24-4/h7-8,10,12-13H,5-6,9,11H2,1-4H3,(H,19,22). The Morgan fingerprint density at radius 2 is 2.00 bits per heavy atom. The first-order valence-corrected chi connectivity index (χ1v) is 8.36. The van der Waals surface area contributed by atoms with E-state index in [0.717, 1.165) is 12.8 Å². The predicted molar refractivity (Wildman–Crippen MR) is 92.5 cm³/mol. The van der Waals surface area contributed by atoms with Gasteiger partial charge in [0, 0.05) is 25.1 Å². The van der Waals surface area contributed by atoms with Gasteiger partial charge in [-0.15, -0.1) is 0 Å². The molecule has 1 aromatic carbocycles. The van der Waals surface area contributed by atoms with Crippen LogP contribution in [-0.4, -0.2) is 38.6 Å². The maximum Gasteiger partial charge on any atom is 0.227 e. The quantitative estimate of drug-likeness (QED) is 0.831. The summed E-state index contributed by atoms with van der Waals surface area (Å²) in [6, 6.07) is 5.46. The van der Waals surface area contributed by atoms with Crippen LogP contribution in [0.4, 0.5) is 5.69 Å². The van der Waals surface area contributed by atoms with Crippen molar-refractivity contribution in [1.29, 1.82) is 0 Å². The van der Waals surface area contributed by atoms with Gasteiger partial charge < -0.3 is 19.7 Å². The van der Waals surface area contributed by atoms with Gasteiger partial charge in [-0.2, -0.15) is 0 Å². The van der Waals surface area contributed by atoms with Crippen LogP contribution in [0, 0.1) is 5.92 Å². The topological polar surface area (TPSA) is 67.9 Å². The summed E-state index contributed by atoms with van der Waals surface area (Å²) in [4.78, 5) is 26.5. The van der Waals surface area contributed by atoms with Crippen molar-refractivity contribution < 1.29 is 19.1 Å². The summed E-state index contributed by atoms with van der Waals surface area (Å²) in [5.41, 5.74) is 0.639. The molecule has 1 aromatic rings. The minimum absolute atomic E-state index is 0.0542. The number of carbonyl (C=O) groups is 2.